The summed E-state index contributed by atoms with van der Waals surface area (Å²) >= 11 is 0. The summed E-state index contributed by atoms with van der Waals surface area (Å²) in [5.74, 6) is -1.76. The van der Waals surface area contributed by atoms with Gasteiger partial charge >= 0.3 is 6.18 Å². The van der Waals surface area contributed by atoms with Crippen LogP contribution in [0.2, 0.25) is 0 Å². The molecular weight excluding hydrogens is 514 g/mol. The molecule has 6 nitrogen and oxygen atoms in total. The van der Waals surface area contributed by atoms with E-state index in [1.54, 1.807) is 12.1 Å². The number of aromatic nitrogens is 1. The number of anilines is 1. The van der Waals surface area contributed by atoms with E-state index in [0.29, 0.717) is 5.56 Å². The van der Waals surface area contributed by atoms with Gasteiger partial charge < -0.3 is 10.1 Å². The van der Waals surface area contributed by atoms with Crippen molar-refractivity contribution in [2.45, 2.75) is 57.3 Å². The number of pyridine rings is 1. The average Bonchev–Trinajstić information content (AvgIpc) is 2.91. The summed E-state index contributed by atoms with van der Waals surface area (Å²) < 4.78 is 58.4. The first-order chi connectivity index (χ1) is 18.6. The number of ether oxygens (including phenoxy) is 1. The Labute approximate surface area is 224 Å². The minimum atomic E-state index is -4.62. The summed E-state index contributed by atoms with van der Waals surface area (Å²) in [6.45, 7) is 1.19. The van der Waals surface area contributed by atoms with Crippen LogP contribution >= 0.6 is 0 Å². The lowest BCUT2D eigenvalue weighted by Crippen LogP contribution is -2.48. The normalized spacial score (nSPS) is 14.9. The molecule has 4 rings (SSSR count). The zero-order valence-electron chi connectivity index (χ0n) is 21.4. The number of halogens is 4. The van der Waals surface area contributed by atoms with Crippen LogP contribution < -0.4 is 15.0 Å². The first kappa shape index (κ1) is 28.1. The molecule has 206 valence electrons. The Morgan fingerprint density at radius 1 is 1.05 bits per heavy atom. The first-order valence-corrected chi connectivity index (χ1v) is 12.7. The standard InChI is InChI=1S/C29H29F4N3O3/c1-19-8-5-6-13-24(19)27(28(38)35-21-10-3-2-4-11-21)36(22-12-7-9-20(30)16-22)26(37)18-39-23-14-15-25(34-17-23)29(31,32)33/h5-9,12-17,21,27H,2-4,10-11,18H2,1H3,(H,35,38). The number of carbonyl (C=O) groups is 2. The van der Waals surface area contributed by atoms with Crippen molar-refractivity contribution in [3.8, 4) is 5.75 Å². The van der Waals surface area contributed by atoms with E-state index in [2.05, 4.69) is 10.3 Å². The van der Waals surface area contributed by atoms with Crippen LogP contribution in [0, 0.1) is 12.7 Å². The molecule has 0 bridgehead atoms. The molecule has 2 aromatic carbocycles. The van der Waals surface area contributed by atoms with Gasteiger partial charge in [0.25, 0.3) is 5.91 Å². The highest BCUT2D eigenvalue weighted by atomic mass is 19.4. The summed E-state index contributed by atoms with van der Waals surface area (Å²) in [6.07, 6.45) is 0.973. The highest BCUT2D eigenvalue weighted by Crippen LogP contribution is 2.32. The first-order valence-electron chi connectivity index (χ1n) is 12.7. The molecule has 1 atom stereocenters. The van der Waals surface area contributed by atoms with Gasteiger partial charge in [0, 0.05) is 11.7 Å². The summed E-state index contributed by atoms with van der Waals surface area (Å²) in [6, 6.07) is 13.1. The Hall–Kier alpha value is -3.95. The number of benzene rings is 2. The monoisotopic (exact) mass is 543 g/mol. The van der Waals surface area contributed by atoms with Crippen molar-refractivity contribution in [2.24, 2.45) is 0 Å². The molecule has 0 spiro atoms. The second kappa shape index (κ2) is 12.3. The van der Waals surface area contributed by atoms with E-state index in [0.717, 1.165) is 62.1 Å². The highest BCUT2D eigenvalue weighted by Gasteiger charge is 2.36. The fourth-order valence-corrected chi connectivity index (χ4v) is 4.73. The SMILES string of the molecule is Cc1ccccc1C(C(=O)NC1CCCCC1)N(C(=O)COc1ccc(C(F)(F)F)nc1)c1cccc(F)c1. The van der Waals surface area contributed by atoms with Crippen molar-refractivity contribution in [1.29, 1.82) is 0 Å². The lowest BCUT2D eigenvalue weighted by Gasteiger charge is -2.34. The molecule has 0 saturated heterocycles. The summed E-state index contributed by atoms with van der Waals surface area (Å²) in [5, 5.41) is 3.07. The maximum Gasteiger partial charge on any atom is 0.433 e. The van der Waals surface area contributed by atoms with Crippen LogP contribution in [0.1, 0.15) is 55.0 Å². The van der Waals surface area contributed by atoms with E-state index in [4.69, 9.17) is 4.74 Å². The van der Waals surface area contributed by atoms with E-state index in [9.17, 15) is 27.2 Å². The van der Waals surface area contributed by atoms with Gasteiger partial charge in [0.15, 0.2) is 6.61 Å². The zero-order valence-corrected chi connectivity index (χ0v) is 21.4. The fourth-order valence-electron chi connectivity index (χ4n) is 4.73. The average molecular weight is 544 g/mol. The number of hydrogen-bond acceptors (Lipinski definition) is 4. The lowest BCUT2D eigenvalue weighted by atomic mass is 9.93. The van der Waals surface area contributed by atoms with Crippen molar-refractivity contribution in [1.82, 2.24) is 10.3 Å². The number of nitrogens with one attached hydrogen (secondary N) is 1. The molecule has 1 fully saturated rings. The van der Waals surface area contributed by atoms with E-state index in [-0.39, 0.29) is 17.5 Å². The number of nitrogens with zero attached hydrogens (tertiary/aromatic N) is 2. The molecule has 10 heteroatoms. The molecule has 3 aromatic rings. The molecule has 1 saturated carbocycles. The Balaban J connectivity index is 1.67. The third-order valence-corrected chi connectivity index (χ3v) is 6.69. The Kier molecular flexibility index (Phi) is 8.83. The number of alkyl halides is 3. The fraction of sp³-hybridized carbons (Fsp3) is 0.345. The maximum absolute atomic E-state index is 14.3. The molecule has 0 radical (unpaired) electrons. The van der Waals surface area contributed by atoms with Crippen LogP contribution in [-0.4, -0.2) is 29.4 Å². The van der Waals surface area contributed by atoms with Gasteiger partial charge in [-0.25, -0.2) is 9.37 Å². The van der Waals surface area contributed by atoms with Crippen LogP contribution in [0.4, 0.5) is 23.2 Å². The Morgan fingerprint density at radius 2 is 1.79 bits per heavy atom. The molecule has 2 amide bonds. The molecule has 1 heterocycles. The predicted octanol–water partition coefficient (Wildman–Crippen LogP) is 6.15. The quantitative estimate of drug-likeness (QED) is 0.346. The van der Waals surface area contributed by atoms with Gasteiger partial charge in [0.05, 0.1) is 6.20 Å². The van der Waals surface area contributed by atoms with Crippen LogP contribution in [0.5, 0.6) is 5.75 Å². The van der Waals surface area contributed by atoms with E-state index >= 15 is 0 Å². The molecule has 1 N–H and O–H groups in total. The Bertz CT molecular complexity index is 1290. The number of amides is 2. The summed E-state index contributed by atoms with van der Waals surface area (Å²) in [7, 11) is 0. The van der Waals surface area contributed by atoms with Gasteiger partial charge in [-0.3, -0.25) is 14.5 Å². The minimum absolute atomic E-state index is 0.0447. The number of aryl methyl sites for hydroxylation is 1. The smallest absolute Gasteiger partial charge is 0.433 e. The topological polar surface area (TPSA) is 71.5 Å². The molecular formula is C29H29F4N3O3. The van der Waals surface area contributed by atoms with Crippen LogP contribution in [-0.2, 0) is 15.8 Å². The largest absolute Gasteiger partial charge is 0.482 e. The molecule has 0 aliphatic heterocycles. The second-order valence-corrected chi connectivity index (χ2v) is 9.51. The molecule has 39 heavy (non-hydrogen) atoms. The van der Waals surface area contributed by atoms with Gasteiger partial charge in [0.1, 0.15) is 23.3 Å². The van der Waals surface area contributed by atoms with Crippen molar-refractivity contribution in [3.63, 3.8) is 0 Å². The maximum atomic E-state index is 14.3. The number of hydrogen-bond donors (Lipinski definition) is 1. The van der Waals surface area contributed by atoms with Gasteiger partial charge in [-0.05, 0) is 61.2 Å². The second-order valence-electron chi connectivity index (χ2n) is 9.51. The van der Waals surface area contributed by atoms with Crippen LogP contribution in [0.15, 0.2) is 66.9 Å². The van der Waals surface area contributed by atoms with Crippen LogP contribution in [0.3, 0.4) is 0 Å². The van der Waals surface area contributed by atoms with Gasteiger partial charge in [-0.15, -0.1) is 0 Å². The van der Waals surface area contributed by atoms with Crippen molar-refractivity contribution in [2.75, 3.05) is 11.5 Å². The number of rotatable bonds is 8. The number of carbonyl (C=O) groups excluding carboxylic acids is 2. The highest BCUT2D eigenvalue weighted by molar-refractivity contribution is 6.02. The molecule has 1 unspecified atom stereocenters. The van der Waals surface area contributed by atoms with Crippen molar-refractivity contribution in [3.05, 3.63) is 89.5 Å². The zero-order chi connectivity index (χ0) is 28.0. The summed E-state index contributed by atoms with van der Waals surface area (Å²) in [4.78, 5) is 32.0. The lowest BCUT2D eigenvalue weighted by molar-refractivity contribution is -0.141. The predicted molar refractivity (Wildman–Crippen MR) is 138 cm³/mol. The third-order valence-electron chi connectivity index (χ3n) is 6.69. The molecule has 1 aliphatic carbocycles. The summed E-state index contributed by atoms with van der Waals surface area (Å²) in [5.41, 5.74) is 0.353. The Morgan fingerprint density at radius 3 is 2.44 bits per heavy atom. The van der Waals surface area contributed by atoms with Crippen molar-refractivity contribution >= 4 is 17.5 Å². The van der Waals surface area contributed by atoms with Gasteiger partial charge in [-0.2, -0.15) is 13.2 Å². The van der Waals surface area contributed by atoms with Gasteiger partial charge in [-0.1, -0.05) is 49.6 Å². The minimum Gasteiger partial charge on any atom is -0.482 e. The third kappa shape index (κ3) is 7.13. The van der Waals surface area contributed by atoms with E-state index in [1.807, 2.05) is 19.1 Å². The molecule has 1 aliphatic rings. The van der Waals surface area contributed by atoms with Crippen molar-refractivity contribution < 1.29 is 31.9 Å². The molecule has 1 aromatic heterocycles. The van der Waals surface area contributed by atoms with Gasteiger partial charge in [0.2, 0.25) is 5.91 Å². The van der Waals surface area contributed by atoms with E-state index < -0.39 is 42.2 Å². The van der Waals surface area contributed by atoms with E-state index in [1.165, 1.54) is 23.1 Å². The van der Waals surface area contributed by atoms with Crippen LogP contribution in [0.25, 0.3) is 0 Å².